The zero-order chi connectivity index (χ0) is 21.9. The standard InChI is InChI=1S/C18H29N3O7S/c1-13(2)16(21-19-9-6-10-29(25,26)27)17(23)20-15(11-22)18(24)28-12-14-7-4-3-5-8-14/h3-5,7-8,13,15-16,19,21-22H,6,9-12H2,1-2H3,(H,20,23)(H,25,26,27)/t15-,16-/m0/s1. The van der Waals surface area contributed by atoms with Crippen LogP contribution in [0.3, 0.4) is 0 Å². The Morgan fingerprint density at radius 3 is 2.38 bits per heavy atom. The summed E-state index contributed by atoms with van der Waals surface area (Å²) in [6.07, 6.45) is 0.142. The van der Waals surface area contributed by atoms with E-state index in [0.29, 0.717) is 0 Å². The smallest absolute Gasteiger partial charge is 0.331 e. The van der Waals surface area contributed by atoms with Crippen LogP contribution in [0.4, 0.5) is 0 Å². The lowest BCUT2D eigenvalue weighted by molar-refractivity contribution is -0.150. The van der Waals surface area contributed by atoms with Crippen LogP contribution in [-0.4, -0.2) is 60.9 Å². The van der Waals surface area contributed by atoms with Gasteiger partial charge in [0.15, 0.2) is 6.04 Å². The number of aliphatic hydroxyl groups excluding tert-OH is 1. The molecule has 0 aliphatic rings. The third kappa shape index (κ3) is 10.3. The van der Waals surface area contributed by atoms with Gasteiger partial charge < -0.3 is 15.2 Å². The molecule has 0 aliphatic carbocycles. The highest BCUT2D eigenvalue weighted by Gasteiger charge is 2.27. The third-order valence-corrected chi connectivity index (χ3v) is 4.72. The number of carbonyl (C=O) groups is 2. The molecule has 0 saturated heterocycles. The first kappa shape index (κ1) is 25.0. The molecular formula is C18H29N3O7S. The van der Waals surface area contributed by atoms with Crippen molar-refractivity contribution < 1.29 is 32.4 Å². The van der Waals surface area contributed by atoms with Crippen molar-refractivity contribution in [1.82, 2.24) is 16.2 Å². The Balaban J connectivity index is 2.51. The van der Waals surface area contributed by atoms with Crippen LogP contribution in [-0.2, 0) is 31.1 Å². The van der Waals surface area contributed by atoms with Crippen LogP contribution in [0, 0.1) is 5.92 Å². The molecule has 0 bridgehead atoms. The molecule has 1 rings (SSSR count). The van der Waals surface area contributed by atoms with Gasteiger partial charge in [0.2, 0.25) is 5.91 Å². The van der Waals surface area contributed by atoms with Crippen molar-refractivity contribution in [3.05, 3.63) is 35.9 Å². The predicted octanol–water partition coefficient (Wildman–Crippen LogP) is -0.396. The van der Waals surface area contributed by atoms with E-state index < -0.39 is 46.4 Å². The number of hydrogen-bond acceptors (Lipinski definition) is 8. The number of amides is 1. The van der Waals surface area contributed by atoms with Crippen molar-refractivity contribution >= 4 is 22.0 Å². The summed E-state index contributed by atoms with van der Waals surface area (Å²) < 4.78 is 35.2. The van der Waals surface area contributed by atoms with Crippen LogP contribution in [0.1, 0.15) is 25.8 Å². The fourth-order valence-corrected chi connectivity index (χ4v) is 2.84. The summed E-state index contributed by atoms with van der Waals surface area (Å²) in [6, 6.07) is 7.04. The van der Waals surface area contributed by atoms with Gasteiger partial charge in [-0.05, 0) is 17.9 Å². The summed E-state index contributed by atoms with van der Waals surface area (Å²) in [5, 5.41) is 11.9. The molecule has 0 fully saturated rings. The molecule has 10 nitrogen and oxygen atoms in total. The molecule has 0 unspecified atom stereocenters. The van der Waals surface area contributed by atoms with Crippen LogP contribution in [0.2, 0.25) is 0 Å². The van der Waals surface area contributed by atoms with Gasteiger partial charge in [-0.3, -0.25) is 14.8 Å². The van der Waals surface area contributed by atoms with Crippen LogP contribution in [0.5, 0.6) is 0 Å². The Hall–Kier alpha value is -2.05. The number of ether oxygens (including phenoxy) is 1. The Labute approximate surface area is 170 Å². The minimum atomic E-state index is -4.04. The van der Waals surface area contributed by atoms with Gasteiger partial charge in [0, 0.05) is 6.54 Å². The fourth-order valence-electron chi connectivity index (χ4n) is 2.33. The van der Waals surface area contributed by atoms with Crippen LogP contribution >= 0.6 is 0 Å². The molecular weight excluding hydrogens is 402 g/mol. The molecule has 1 aromatic rings. The SMILES string of the molecule is CC(C)[C@H](NNCCCS(=O)(=O)O)C(=O)N[C@@H](CO)C(=O)OCc1ccccc1. The summed E-state index contributed by atoms with van der Waals surface area (Å²) >= 11 is 0. The highest BCUT2D eigenvalue weighted by molar-refractivity contribution is 7.85. The van der Waals surface area contributed by atoms with Crippen LogP contribution < -0.4 is 16.2 Å². The third-order valence-electron chi connectivity index (χ3n) is 3.92. The first-order valence-corrected chi connectivity index (χ1v) is 10.8. The Morgan fingerprint density at radius 2 is 1.83 bits per heavy atom. The highest BCUT2D eigenvalue weighted by Crippen LogP contribution is 2.04. The van der Waals surface area contributed by atoms with E-state index in [4.69, 9.17) is 9.29 Å². The number of benzene rings is 1. The lowest BCUT2D eigenvalue weighted by Crippen LogP contribution is -2.56. The predicted molar refractivity (Wildman–Crippen MR) is 106 cm³/mol. The van der Waals surface area contributed by atoms with Crippen molar-refractivity contribution in [3.8, 4) is 0 Å². The molecule has 5 N–H and O–H groups in total. The Bertz CT molecular complexity index is 741. The second-order valence-electron chi connectivity index (χ2n) is 6.77. The summed E-state index contributed by atoms with van der Waals surface area (Å²) in [7, 11) is -4.04. The minimum absolute atomic E-state index is 0.0211. The minimum Gasteiger partial charge on any atom is -0.459 e. The van der Waals surface area contributed by atoms with E-state index >= 15 is 0 Å². The van der Waals surface area contributed by atoms with Gasteiger partial charge >= 0.3 is 5.97 Å². The molecule has 0 spiro atoms. The number of hydrazine groups is 1. The number of nitrogens with one attached hydrogen (secondary N) is 3. The summed E-state index contributed by atoms with van der Waals surface area (Å²) in [6.45, 7) is 3.15. The highest BCUT2D eigenvalue weighted by atomic mass is 32.2. The summed E-state index contributed by atoms with van der Waals surface area (Å²) in [5.74, 6) is -1.87. The van der Waals surface area contributed by atoms with E-state index in [1.54, 1.807) is 38.1 Å². The number of carbonyl (C=O) groups excluding carboxylic acids is 2. The molecule has 0 saturated carbocycles. The van der Waals surface area contributed by atoms with Crippen molar-refractivity contribution in [2.24, 2.45) is 5.92 Å². The zero-order valence-electron chi connectivity index (χ0n) is 16.5. The molecule has 0 heterocycles. The van der Waals surface area contributed by atoms with Gasteiger partial charge in [-0.1, -0.05) is 44.2 Å². The zero-order valence-corrected chi connectivity index (χ0v) is 17.3. The van der Waals surface area contributed by atoms with Crippen molar-refractivity contribution in [2.45, 2.75) is 39.0 Å². The van der Waals surface area contributed by atoms with Gasteiger partial charge in [0.1, 0.15) is 12.6 Å². The molecule has 2 atom stereocenters. The molecule has 1 amide bonds. The van der Waals surface area contributed by atoms with Gasteiger partial charge in [-0.15, -0.1) is 0 Å². The molecule has 164 valence electrons. The van der Waals surface area contributed by atoms with E-state index in [9.17, 15) is 23.1 Å². The molecule has 0 aromatic heterocycles. The van der Waals surface area contributed by atoms with E-state index in [0.717, 1.165) is 5.56 Å². The maximum atomic E-state index is 12.5. The maximum absolute atomic E-state index is 12.5. The van der Waals surface area contributed by atoms with Crippen molar-refractivity contribution in [3.63, 3.8) is 0 Å². The maximum Gasteiger partial charge on any atom is 0.331 e. The van der Waals surface area contributed by atoms with Gasteiger partial charge in [0.25, 0.3) is 10.1 Å². The summed E-state index contributed by atoms with van der Waals surface area (Å²) in [5.41, 5.74) is 6.26. The number of aliphatic hydroxyl groups is 1. The Morgan fingerprint density at radius 1 is 1.17 bits per heavy atom. The summed E-state index contributed by atoms with van der Waals surface area (Å²) in [4.78, 5) is 24.6. The lowest BCUT2D eigenvalue weighted by Gasteiger charge is -2.24. The van der Waals surface area contributed by atoms with Crippen LogP contribution in [0.25, 0.3) is 0 Å². The molecule has 1 aromatic carbocycles. The normalized spacial score (nSPS) is 13.7. The van der Waals surface area contributed by atoms with E-state index in [2.05, 4.69) is 16.2 Å². The largest absolute Gasteiger partial charge is 0.459 e. The van der Waals surface area contributed by atoms with E-state index in [-0.39, 0.29) is 25.5 Å². The second kappa shape index (κ2) is 12.5. The topological polar surface area (TPSA) is 154 Å². The quantitative estimate of drug-likeness (QED) is 0.121. The van der Waals surface area contributed by atoms with Gasteiger partial charge in [-0.2, -0.15) is 8.42 Å². The van der Waals surface area contributed by atoms with Gasteiger partial charge in [-0.25, -0.2) is 10.2 Å². The van der Waals surface area contributed by atoms with Gasteiger partial charge in [0.05, 0.1) is 12.4 Å². The second-order valence-corrected chi connectivity index (χ2v) is 8.34. The average Bonchev–Trinajstić information content (AvgIpc) is 2.66. The monoisotopic (exact) mass is 431 g/mol. The van der Waals surface area contributed by atoms with E-state index in [1.807, 2.05) is 6.07 Å². The fraction of sp³-hybridized carbons (Fsp3) is 0.556. The first-order valence-electron chi connectivity index (χ1n) is 9.19. The van der Waals surface area contributed by atoms with E-state index in [1.165, 1.54) is 0 Å². The number of rotatable bonds is 13. The van der Waals surface area contributed by atoms with Crippen LogP contribution in [0.15, 0.2) is 30.3 Å². The molecule has 11 heteroatoms. The Kier molecular flexibility index (Phi) is 10.8. The molecule has 29 heavy (non-hydrogen) atoms. The first-order chi connectivity index (χ1) is 13.6. The molecule has 0 aliphatic heterocycles. The molecule has 0 radical (unpaired) electrons. The average molecular weight is 432 g/mol. The van der Waals surface area contributed by atoms with Crippen molar-refractivity contribution in [2.75, 3.05) is 18.9 Å². The number of esters is 1. The lowest BCUT2D eigenvalue weighted by atomic mass is 10.0. The van der Waals surface area contributed by atoms with Crippen molar-refractivity contribution in [1.29, 1.82) is 0 Å². The number of hydrogen-bond donors (Lipinski definition) is 5.